The van der Waals surface area contributed by atoms with Gasteiger partial charge in [-0.25, -0.2) is 0 Å². The molecule has 8 aromatic rings. The van der Waals surface area contributed by atoms with Crippen molar-refractivity contribution in [3.8, 4) is 22.3 Å². The fourth-order valence-electron chi connectivity index (χ4n) is 8.74. The molecule has 0 aliphatic heterocycles. The van der Waals surface area contributed by atoms with Gasteiger partial charge in [0.05, 0.1) is 0 Å². The van der Waals surface area contributed by atoms with E-state index < -0.39 is 0 Å². The van der Waals surface area contributed by atoms with E-state index in [1.54, 1.807) is 0 Å². The first-order valence-corrected chi connectivity index (χ1v) is 17.2. The topological polar surface area (TPSA) is 0 Å². The highest BCUT2D eigenvalue weighted by molar-refractivity contribution is 6.39. The zero-order chi connectivity index (χ0) is 32.4. The van der Waals surface area contributed by atoms with Crippen molar-refractivity contribution >= 4 is 66.0 Å². The molecule has 0 spiro atoms. The van der Waals surface area contributed by atoms with E-state index in [-0.39, 0.29) is 10.8 Å². The number of hydrogen-bond donors (Lipinski definition) is 0. The minimum atomic E-state index is 0.0816. The van der Waals surface area contributed by atoms with Gasteiger partial charge in [-0.2, -0.15) is 0 Å². The molecule has 0 nitrogen and oxygen atoms in total. The number of allylic oxidation sites excluding steroid dienone is 2. The van der Waals surface area contributed by atoms with Gasteiger partial charge in [0.2, 0.25) is 0 Å². The third-order valence-electron chi connectivity index (χ3n) is 11.3. The number of benzene rings is 8. The van der Waals surface area contributed by atoms with Crippen molar-refractivity contribution in [3.05, 3.63) is 156 Å². The third-order valence-corrected chi connectivity index (χ3v) is 11.3. The fraction of sp³-hybridized carbons (Fsp3) is 0.125. The van der Waals surface area contributed by atoms with E-state index in [0.717, 1.165) is 0 Å². The first-order valence-electron chi connectivity index (χ1n) is 17.2. The van der Waals surface area contributed by atoms with Crippen molar-refractivity contribution < 1.29 is 0 Å². The van der Waals surface area contributed by atoms with Gasteiger partial charge in [-0.15, -0.1) is 0 Å². The van der Waals surface area contributed by atoms with Gasteiger partial charge >= 0.3 is 0 Å². The summed E-state index contributed by atoms with van der Waals surface area (Å²) in [6.07, 6.45) is 9.23. The van der Waals surface area contributed by atoms with E-state index in [4.69, 9.17) is 0 Å². The molecule has 228 valence electrons. The van der Waals surface area contributed by atoms with Crippen molar-refractivity contribution in [2.24, 2.45) is 0 Å². The molecule has 0 amide bonds. The maximum Gasteiger partial charge on any atom is 0.00845 e. The largest absolute Gasteiger partial charge is 0.0739 e. The zero-order valence-corrected chi connectivity index (χ0v) is 27.9. The summed E-state index contributed by atoms with van der Waals surface area (Å²) in [5.74, 6) is 0. The Morgan fingerprint density at radius 2 is 0.688 bits per heavy atom. The standard InChI is InChI=1S/C48H36/c1-47(2)23-21-33-25-29(15-19-43(33)47)31-13-17-37-35-9-5-8-12-40(35)46-42-28-32(30-16-20-44-34(26-30)22-24-48(44,3)4)14-18-38(42)36-10-6-7-11-39(36)45(46)41(37)27-31/h5-28H,1-4H3. The number of rotatable bonds is 2. The van der Waals surface area contributed by atoms with Crippen LogP contribution < -0.4 is 0 Å². The Labute approximate surface area is 281 Å². The molecule has 0 unspecified atom stereocenters. The van der Waals surface area contributed by atoms with Gasteiger partial charge in [-0.1, -0.05) is 149 Å². The average molecular weight is 613 g/mol. The molecule has 0 fully saturated rings. The molecule has 0 aromatic heterocycles. The fourth-order valence-corrected chi connectivity index (χ4v) is 8.74. The maximum absolute atomic E-state index is 2.45. The molecule has 0 heterocycles. The normalized spacial score (nSPS) is 15.7. The van der Waals surface area contributed by atoms with Gasteiger partial charge in [-0.3, -0.25) is 0 Å². The SMILES string of the molecule is CC1(C)C=Cc2cc(-c3ccc4c5ccccc5c5c6cc(-c7ccc8c(c7)C=CC8(C)C)ccc6c6ccccc6c5c4c3)ccc21. The quantitative estimate of drug-likeness (QED) is 0.170. The van der Waals surface area contributed by atoms with Gasteiger partial charge in [0.25, 0.3) is 0 Å². The van der Waals surface area contributed by atoms with Gasteiger partial charge in [0.15, 0.2) is 0 Å². The second kappa shape index (κ2) is 9.55. The predicted octanol–water partition coefficient (Wildman–Crippen LogP) is 13.4. The molecule has 0 saturated carbocycles. The van der Waals surface area contributed by atoms with Crippen molar-refractivity contribution in [2.75, 3.05) is 0 Å². The molecule has 0 radical (unpaired) electrons. The van der Waals surface area contributed by atoms with E-state index >= 15 is 0 Å². The Morgan fingerprint density at radius 3 is 1.12 bits per heavy atom. The molecule has 0 bridgehead atoms. The molecule has 10 rings (SSSR count). The summed E-state index contributed by atoms with van der Waals surface area (Å²) in [6, 6.07) is 46.3. The lowest BCUT2D eigenvalue weighted by Crippen LogP contribution is -2.10. The van der Waals surface area contributed by atoms with E-state index in [1.165, 1.54) is 98.4 Å². The Bertz CT molecular complexity index is 2570. The Balaban J connectivity index is 1.30. The molecule has 8 aromatic carbocycles. The molecular weight excluding hydrogens is 577 g/mol. The van der Waals surface area contributed by atoms with E-state index in [9.17, 15) is 0 Å². The maximum atomic E-state index is 2.45. The highest BCUT2D eigenvalue weighted by Crippen LogP contribution is 2.46. The summed E-state index contributed by atoms with van der Waals surface area (Å²) >= 11 is 0. The van der Waals surface area contributed by atoms with Crippen LogP contribution in [0, 0.1) is 0 Å². The lowest BCUT2D eigenvalue weighted by molar-refractivity contribution is 0.683. The highest BCUT2D eigenvalue weighted by atomic mass is 14.3. The molecule has 0 N–H and O–H groups in total. The lowest BCUT2D eigenvalue weighted by Gasteiger charge is -2.19. The number of hydrogen-bond acceptors (Lipinski definition) is 0. The summed E-state index contributed by atoms with van der Waals surface area (Å²) in [5.41, 5.74) is 10.7. The average Bonchev–Trinajstić information content (AvgIpc) is 3.60. The summed E-state index contributed by atoms with van der Waals surface area (Å²) in [7, 11) is 0. The molecule has 48 heavy (non-hydrogen) atoms. The molecule has 0 atom stereocenters. The monoisotopic (exact) mass is 612 g/mol. The van der Waals surface area contributed by atoms with Crippen LogP contribution in [0.4, 0.5) is 0 Å². The Hall–Kier alpha value is -5.46. The Kier molecular flexibility index (Phi) is 5.50. The smallest absolute Gasteiger partial charge is 0.00845 e. The minimum Gasteiger partial charge on any atom is -0.0739 e. The van der Waals surface area contributed by atoms with Crippen molar-refractivity contribution in [1.29, 1.82) is 0 Å². The lowest BCUT2D eigenvalue weighted by atomic mass is 9.84. The first-order chi connectivity index (χ1) is 23.3. The highest BCUT2D eigenvalue weighted by Gasteiger charge is 2.26. The van der Waals surface area contributed by atoms with Gasteiger partial charge in [0.1, 0.15) is 0 Å². The van der Waals surface area contributed by atoms with Crippen LogP contribution in [0.1, 0.15) is 49.9 Å². The summed E-state index contributed by atoms with van der Waals surface area (Å²) in [4.78, 5) is 0. The van der Waals surface area contributed by atoms with E-state index in [1.807, 2.05) is 0 Å². The molecule has 0 heteroatoms. The zero-order valence-electron chi connectivity index (χ0n) is 27.9. The predicted molar refractivity (Wildman–Crippen MR) is 209 cm³/mol. The van der Waals surface area contributed by atoms with Crippen molar-refractivity contribution in [1.82, 2.24) is 0 Å². The summed E-state index contributed by atoms with van der Waals surface area (Å²) < 4.78 is 0. The van der Waals surface area contributed by atoms with Gasteiger partial charge in [0, 0.05) is 10.8 Å². The van der Waals surface area contributed by atoms with Crippen LogP contribution in [0.2, 0.25) is 0 Å². The summed E-state index contributed by atoms with van der Waals surface area (Å²) in [6.45, 7) is 9.19. The second-order valence-electron chi connectivity index (χ2n) is 15.1. The van der Waals surface area contributed by atoms with Crippen LogP contribution in [0.3, 0.4) is 0 Å². The van der Waals surface area contributed by atoms with Crippen LogP contribution in [0.15, 0.2) is 133 Å². The van der Waals surface area contributed by atoms with Gasteiger partial charge < -0.3 is 0 Å². The second-order valence-corrected chi connectivity index (χ2v) is 15.1. The molecule has 0 saturated heterocycles. The minimum absolute atomic E-state index is 0.0816. The van der Waals surface area contributed by atoms with Crippen LogP contribution in [0.5, 0.6) is 0 Å². The third kappa shape index (κ3) is 3.84. The van der Waals surface area contributed by atoms with Crippen LogP contribution in [0.25, 0.3) is 88.3 Å². The molecular formula is C48H36. The van der Waals surface area contributed by atoms with E-state index in [0.29, 0.717) is 0 Å². The summed E-state index contributed by atoms with van der Waals surface area (Å²) in [5, 5.41) is 13.1. The van der Waals surface area contributed by atoms with Crippen molar-refractivity contribution in [2.45, 2.75) is 38.5 Å². The van der Waals surface area contributed by atoms with Crippen LogP contribution >= 0.6 is 0 Å². The number of fused-ring (bicyclic) bond motifs is 13. The molecule has 2 aliphatic rings. The van der Waals surface area contributed by atoms with Crippen LogP contribution in [-0.4, -0.2) is 0 Å². The molecule has 2 aliphatic carbocycles. The van der Waals surface area contributed by atoms with Crippen LogP contribution in [-0.2, 0) is 10.8 Å². The van der Waals surface area contributed by atoms with Gasteiger partial charge in [-0.05, 0) is 123 Å². The van der Waals surface area contributed by atoms with Crippen molar-refractivity contribution in [3.63, 3.8) is 0 Å². The Morgan fingerprint density at radius 1 is 0.333 bits per heavy atom. The van der Waals surface area contributed by atoms with E-state index in [2.05, 4.69) is 173 Å². The first kappa shape index (κ1) is 27.6.